The molecule has 1 N–H and O–H groups in total. The molecule has 3 rings (SSSR count). The third-order valence-electron chi connectivity index (χ3n) is 5.80. The number of hydrogen-bond donors (Lipinski definition) is 1. The summed E-state index contributed by atoms with van der Waals surface area (Å²) in [4.78, 5) is 30.0. The number of halogens is 1. The largest absolute Gasteiger partial charge is 0.354 e. The van der Waals surface area contributed by atoms with Crippen LogP contribution in [-0.2, 0) is 22.6 Å². The zero-order valence-electron chi connectivity index (χ0n) is 21.2. The third-order valence-corrected chi connectivity index (χ3v) is 7.05. The lowest BCUT2D eigenvalue weighted by molar-refractivity contribution is -0.141. The molecule has 2 amide bonds. The van der Waals surface area contributed by atoms with Gasteiger partial charge < -0.3 is 10.2 Å². The van der Waals surface area contributed by atoms with E-state index in [0.29, 0.717) is 42.6 Å². The fourth-order valence-corrected chi connectivity index (χ4v) is 4.90. The third kappa shape index (κ3) is 9.03. The molecule has 3 aromatic carbocycles. The van der Waals surface area contributed by atoms with E-state index >= 15 is 0 Å². The van der Waals surface area contributed by atoms with Crippen molar-refractivity contribution < 1.29 is 9.59 Å². The topological polar surface area (TPSA) is 49.4 Å². The van der Waals surface area contributed by atoms with Crippen LogP contribution < -0.4 is 5.32 Å². The minimum atomic E-state index is -0.623. The Bertz CT molecular complexity index is 1120. The maximum atomic E-state index is 13.7. The molecule has 0 aliphatic carbocycles. The van der Waals surface area contributed by atoms with Gasteiger partial charge in [-0.25, -0.2) is 0 Å². The number of nitrogens with zero attached hydrogens (tertiary/aromatic N) is 1. The maximum Gasteiger partial charge on any atom is 0.243 e. The van der Waals surface area contributed by atoms with Gasteiger partial charge in [0.2, 0.25) is 11.8 Å². The van der Waals surface area contributed by atoms with Crippen molar-refractivity contribution in [3.05, 3.63) is 101 Å². The van der Waals surface area contributed by atoms with E-state index in [2.05, 4.69) is 50.4 Å². The van der Waals surface area contributed by atoms with Crippen molar-refractivity contribution in [2.24, 2.45) is 5.92 Å². The molecule has 3 aromatic rings. The standard InChI is InChI=1S/C30H35ClN2O2S/c1-22(2)20-32-30(35)28(19-24-8-5-4-6-9-24)33(21-25-10-7-11-26(31)18-25)29(34)16-17-36-27-14-12-23(3)13-15-27/h4-15,18,22,28H,16-17,19-21H2,1-3H3,(H,32,35)/t28-/m1/s1. The predicted octanol–water partition coefficient (Wildman–Crippen LogP) is 6.54. The van der Waals surface area contributed by atoms with Crippen LogP contribution in [0.2, 0.25) is 5.02 Å². The Balaban J connectivity index is 1.83. The number of amides is 2. The van der Waals surface area contributed by atoms with E-state index in [-0.39, 0.29) is 11.8 Å². The van der Waals surface area contributed by atoms with E-state index in [1.165, 1.54) is 5.56 Å². The number of benzene rings is 3. The van der Waals surface area contributed by atoms with Crippen molar-refractivity contribution in [1.82, 2.24) is 10.2 Å². The fraction of sp³-hybridized carbons (Fsp3) is 0.333. The number of hydrogen-bond acceptors (Lipinski definition) is 3. The number of aryl methyl sites for hydroxylation is 1. The predicted molar refractivity (Wildman–Crippen MR) is 150 cm³/mol. The van der Waals surface area contributed by atoms with Gasteiger partial charge in [-0.05, 0) is 48.2 Å². The van der Waals surface area contributed by atoms with Gasteiger partial charge in [0.25, 0.3) is 0 Å². The molecule has 0 unspecified atom stereocenters. The Labute approximate surface area is 224 Å². The van der Waals surface area contributed by atoms with E-state index in [4.69, 9.17) is 11.6 Å². The second-order valence-corrected chi connectivity index (χ2v) is 11.0. The van der Waals surface area contributed by atoms with Gasteiger partial charge in [0.15, 0.2) is 0 Å². The van der Waals surface area contributed by atoms with Crippen LogP contribution >= 0.6 is 23.4 Å². The summed E-state index contributed by atoms with van der Waals surface area (Å²) in [5.74, 6) is 0.776. The van der Waals surface area contributed by atoms with Gasteiger partial charge >= 0.3 is 0 Å². The molecule has 0 radical (unpaired) electrons. The fourth-order valence-electron chi connectivity index (χ4n) is 3.84. The molecule has 6 heteroatoms. The van der Waals surface area contributed by atoms with Crippen molar-refractivity contribution in [3.63, 3.8) is 0 Å². The average Bonchev–Trinajstić information content (AvgIpc) is 2.86. The zero-order valence-corrected chi connectivity index (χ0v) is 22.8. The number of carbonyl (C=O) groups is 2. The highest BCUT2D eigenvalue weighted by atomic mass is 35.5. The molecule has 0 aliphatic rings. The quantitative estimate of drug-likeness (QED) is 0.275. The molecule has 0 bridgehead atoms. The minimum absolute atomic E-state index is 0.0461. The zero-order chi connectivity index (χ0) is 25.9. The van der Waals surface area contributed by atoms with Gasteiger partial charge in [-0.3, -0.25) is 9.59 Å². The molecular formula is C30H35ClN2O2S. The molecule has 190 valence electrons. The summed E-state index contributed by atoms with van der Waals surface area (Å²) in [7, 11) is 0. The monoisotopic (exact) mass is 522 g/mol. The van der Waals surface area contributed by atoms with Gasteiger partial charge in [-0.2, -0.15) is 0 Å². The van der Waals surface area contributed by atoms with Crippen LogP contribution in [0.4, 0.5) is 0 Å². The Morgan fingerprint density at radius 2 is 1.64 bits per heavy atom. The summed E-state index contributed by atoms with van der Waals surface area (Å²) in [6.07, 6.45) is 0.782. The van der Waals surface area contributed by atoms with E-state index in [9.17, 15) is 9.59 Å². The van der Waals surface area contributed by atoms with Crippen molar-refractivity contribution >= 4 is 35.2 Å². The summed E-state index contributed by atoms with van der Waals surface area (Å²) < 4.78 is 0. The van der Waals surface area contributed by atoms with E-state index in [0.717, 1.165) is 16.0 Å². The van der Waals surface area contributed by atoms with E-state index < -0.39 is 6.04 Å². The number of nitrogens with one attached hydrogen (secondary N) is 1. The molecule has 0 saturated heterocycles. The smallest absolute Gasteiger partial charge is 0.243 e. The lowest BCUT2D eigenvalue weighted by atomic mass is 10.0. The Hall–Kier alpha value is -2.76. The van der Waals surface area contributed by atoms with Crippen LogP contribution in [0.5, 0.6) is 0 Å². The summed E-state index contributed by atoms with van der Waals surface area (Å²) in [6.45, 7) is 7.06. The number of thioether (sulfide) groups is 1. The SMILES string of the molecule is Cc1ccc(SCCC(=O)N(Cc2cccc(Cl)c2)[C@H](Cc2ccccc2)C(=O)NCC(C)C)cc1. The molecule has 0 spiro atoms. The summed E-state index contributed by atoms with van der Waals surface area (Å²) >= 11 is 7.89. The first-order chi connectivity index (χ1) is 17.3. The Morgan fingerprint density at radius 3 is 2.31 bits per heavy atom. The molecule has 36 heavy (non-hydrogen) atoms. The summed E-state index contributed by atoms with van der Waals surface area (Å²) in [5, 5.41) is 3.67. The highest BCUT2D eigenvalue weighted by molar-refractivity contribution is 7.99. The summed E-state index contributed by atoms with van der Waals surface area (Å²) in [6, 6.07) is 25.0. The van der Waals surface area contributed by atoms with Crippen LogP contribution in [0.1, 0.15) is 37.0 Å². The van der Waals surface area contributed by atoms with E-state index in [1.807, 2.05) is 54.6 Å². The normalized spacial score (nSPS) is 11.8. The molecular weight excluding hydrogens is 488 g/mol. The molecule has 0 fully saturated rings. The van der Waals surface area contributed by atoms with Crippen LogP contribution in [0, 0.1) is 12.8 Å². The molecule has 0 aliphatic heterocycles. The van der Waals surface area contributed by atoms with E-state index in [1.54, 1.807) is 16.7 Å². The first-order valence-corrected chi connectivity index (χ1v) is 13.7. The van der Waals surface area contributed by atoms with Crippen molar-refractivity contribution in [2.75, 3.05) is 12.3 Å². The highest BCUT2D eigenvalue weighted by Crippen LogP contribution is 2.22. The molecule has 0 saturated carbocycles. The highest BCUT2D eigenvalue weighted by Gasteiger charge is 2.30. The van der Waals surface area contributed by atoms with Crippen LogP contribution in [0.15, 0.2) is 83.8 Å². The van der Waals surface area contributed by atoms with Gasteiger partial charge in [0.1, 0.15) is 6.04 Å². The maximum absolute atomic E-state index is 13.7. The minimum Gasteiger partial charge on any atom is -0.354 e. The van der Waals surface area contributed by atoms with Crippen molar-refractivity contribution in [3.8, 4) is 0 Å². The Morgan fingerprint density at radius 1 is 0.944 bits per heavy atom. The second kappa shape index (κ2) is 14.1. The van der Waals surface area contributed by atoms with Crippen LogP contribution in [0.25, 0.3) is 0 Å². The van der Waals surface area contributed by atoms with Crippen LogP contribution in [-0.4, -0.2) is 35.1 Å². The number of carbonyl (C=O) groups excluding carboxylic acids is 2. The van der Waals surface area contributed by atoms with Gasteiger partial charge in [0.05, 0.1) is 0 Å². The molecule has 4 nitrogen and oxygen atoms in total. The molecule has 1 atom stereocenters. The lowest BCUT2D eigenvalue weighted by Crippen LogP contribution is -2.51. The van der Waals surface area contributed by atoms with Gasteiger partial charge in [0, 0.05) is 41.6 Å². The number of rotatable bonds is 12. The molecule has 0 heterocycles. The average molecular weight is 523 g/mol. The van der Waals surface area contributed by atoms with Crippen molar-refractivity contribution in [1.29, 1.82) is 0 Å². The Kier molecular flexibility index (Phi) is 10.9. The van der Waals surface area contributed by atoms with Gasteiger partial charge in [-0.15, -0.1) is 11.8 Å². The second-order valence-electron chi connectivity index (χ2n) is 9.41. The van der Waals surface area contributed by atoms with Crippen LogP contribution in [0.3, 0.4) is 0 Å². The molecule has 0 aromatic heterocycles. The lowest BCUT2D eigenvalue weighted by Gasteiger charge is -2.32. The van der Waals surface area contributed by atoms with Crippen molar-refractivity contribution in [2.45, 2.75) is 51.1 Å². The summed E-state index contributed by atoms with van der Waals surface area (Å²) in [5.41, 5.74) is 3.12. The first-order valence-electron chi connectivity index (χ1n) is 12.4. The first kappa shape index (κ1) is 27.8. The van der Waals surface area contributed by atoms with Gasteiger partial charge in [-0.1, -0.05) is 85.6 Å².